The Hall–Kier alpha value is -1.95. The number of pyridine rings is 1. The van der Waals surface area contributed by atoms with Crippen molar-refractivity contribution in [2.24, 2.45) is 5.92 Å². The molecule has 0 saturated heterocycles. The van der Waals surface area contributed by atoms with Crippen molar-refractivity contribution < 1.29 is 9.90 Å². The van der Waals surface area contributed by atoms with Crippen LogP contribution in [0, 0.1) is 5.92 Å². The number of aromatic carboxylic acids is 1. The number of aromatic nitrogens is 2. The van der Waals surface area contributed by atoms with Crippen molar-refractivity contribution in [3.8, 4) is 0 Å². The number of carboxylic acid groups (broad SMARTS) is 1. The van der Waals surface area contributed by atoms with Gasteiger partial charge >= 0.3 is 5.97 Å². The number of carbonyl (C=O) groups is 1. The summed E-state index contributed by atoms with van der Waals surface area (Å²) in [7, 11) is 0. The fourth-order valence-electron chi connectivity index (χ4n) is 3.70. The molecule has 1 fully saturated rings. The van der Waals surface area contributed by atoms with E-state index in [4.69, 9.17) is 10.1 Å². The molecule has 2 heterocycles. The maximum atomic E-state index is 11.2. The zero-order chi connectivity index (χ0) is 19.4. The van der Waals surface area contributed by atoms with Crippen molar-refractivity contribution >= 4 is 28.3 Å². The minimum Gasteiger partial charge on any atom is -0.478 e. The van der Waals surface area contributed by atoms with Crippen LogP contribution in [0.1, 0.15) is 74.3 Å². The predicted molar refractivity (Wildman–Crippen MR) is 108 cm³/mol. The van der Waals surface area contributed by atoms with Gasteiger partial charge in [0.15, 0.2) is 5.13 Å². The second-order valence-corrected chi connectivity index (χ2v) is 10.2. The van der Waals surface area contributed by atoms with Crippen LogP contribution in [-0.2, 0) is 10.8 Å². The summed E-state index contributed by atoms with van der Waals surface area (Å²) in [6.07, 6.45) is 6.24. The zero-order valence-electron chi connectivity index (χ0n) is 16.5. The number of thiazole rings is 1. The number of rotatable bonds is 5. The number of hydrogen-bond donors (Lipinski definition) is 1. The highest BCUT2D eigenvalue weighted by Crippen LogP contribution is 2.50. The minimum atomic E-state index is -0.948. The lowest BCUT2D eigenvalue weighted by Crippen LogP contribution is -2.32. The standard InChI is InChI=1S/C21H27N3O2S/c1-20(2)9-10-21(3,4)17-16(20)23-19(27-17)24(12-13-5-6-13)15-8-7-14(11-22-15)18(25)26/h7-8,11,13H,5-6,9-10,12H2,1-4H3,(H,25,26). The Labute approximate surface area is 164 Å². The Bertz CT molecular complexity index is 833. The molecule has 0 amide bonds. The zero-order valence-corrected chi connectivity index (χ0v) is 17.3. The van der Waals surface area contributed by atoms with E-state index in [1.54, 1.807) is 17.4 Å². The molecule has 0 aromatic carbocycles. The first kappa shape index (κ1) is 18.4. The average molecular weight is 386 g/mol. The van der Waals surface area contributed by atoms with Crippen LogP contribution >= 0.6 is 11.3 Å². The lowest BCUT2D eigenvalue weighted by molar-refractivity contribution is 0.0696. The molecule has 1 N–H and O–H groups in total. The monoisotopic (exact) mass is 385 g/mol. The molecule has 1 saturated carbocycles. The predicted octanol–water partition coefficient (Wildman–Crippen LogP) is 5.13. The van der Waals surface area contributed by atoms with Crippen LogP contribution < -0.4 is 4.90 Å². The van der Waals surface area contributed by atoms with Gasteiger partial charge in [0, 0.05) is 28.4 Å². The van der Waals surface area contributed by atoms with Crippen LogP contribution in [0.5, 0.6) is 0 Å². The van der Waals surface area contributed by atoms with E-state index < -0.39 is 5.97 Å². The van der Waals surface area contributed by atoms with Crippen molar-refractivity contribution in [3.05, 3.63) is 34.5 Å². The fourth-order valence-corrected chi connectivity index (χ4v) is 5.09. The van der Waals surface area contributed by atoms with Crippen LogP contribution in [-0.4, -0.2) is 27.6 Å². The summed E-state index contributed by atoms with van der Waals surface area (Å²) in [6.45, 7) is 10.1. The van der Waals surface area contributed by atoms with Gasteiger partial charge in [-0.2, -0.15) is 0 Å². The first-order valence-electron chi connectivity index (χ1n) is 9.66. The van der Waals surface area contributed by atoms with Gasteiger partial charge in [0.25, 0.3) is 0 Å². The Morgan fingerprint density at radius 1 is 1.22 bits per heavy atom. The largest absolute Gasteiger partial charge is 0.478 e. The van der Waals surface area contributed by atoms with E-state index in [1.807, 2.05) is 6.07 Å². The highest BCUT2D eigenvalue weighted by molar-refractivity contribution is 7.16. The molecule has 0 bridgehead atoms. The molecular formula is C21H27N3O2S. The van der Waals surface area contributed by atoms with Gasteiger partial charge in [-0.1, -0.05) is 27.7 Å². The molecule has 4 rings (SSSR count). The van der Waals surface area contributed by atoms with Gasteiger partial charge in [0.1, 0.15) is 5.82 Å². The molecule has 0 atom stereocenters. The summed E-state index contributed by atoms with van der Waals surface area (Å²) in [5.74, 6) is 0.512. The van der Waals surface area contributed by atoms with E-state index in [0.29, 0.717) is 5.92 Å². The first-order chi connectivity index (χ1) is 12.7. The smallest absolute Gasteiger partial charge is 0.337 e. The Morgan fingerprint density at radius 2 is 1.93 bits per heavy atom. The van der Waals surface area contributed by atoms with Gasteiger partial charge in [0.2, 0.25) is 0 Å². The molecule has 5 nitrogen and oxygen atoms in total. The Morgan fingerprint density at radius 3 is 2.48 bits per heavy atom. The summed E-state index contributed by atoms with van der Waals surface area (Å²) < 4.78 is 0. The van der Waals surface area contributed by atoms with E-state index in [-0.39, 0.29) is 16.4 Å². The van der Waals surface area contributed by atoms with Crippen molar-refractivity contribution in [1.82, 2.24) is 9.97 Å². The molecule has 2 aliphatic rings. The third-order valence-corrected chi connectivity index (χ3v) is 7.33. The molecule has 144 valence electrons. The summed E-state index contributed by atoms with van der Waals surface area (Å²) in [4.78, 5) is 24.3. The SMILES string of the molecule is CC1(C)CCC(C)(C)c2sc(N(CC3CC3)c3ccc(C(=O)O)cn3)nc21. The maximum Gasteiger partial charge on any atom is 0.337 e. The lowest BCUT2D eigenvalue weighted by atomic mass is 9.69. The molecule has 0 aliphatic heterocycles. The molecule has 27 heavy (non-hydrogen) atoms. The summed E-state index contributed by atoms with van der Waals surface area (Å²) in [6, 6.07) is 3.44. The quantitative estimate of drug-likeness (QED) is 0.772. The van der Waals surface area contributed by atoms with E-state index in [9.17, 15) is 4.79 Å². The summed E-state index contributed by atoms with van der Waals surface area (Å²) >= 11 is 1.79. The number of nitrogens with zero attached hydrogens (tertiary/aromatic N) is 3. The summed E-state index contributed by atoms with van der Waals surface area (Å²) in [5.41, 5.74) is 1.67. The first-order valence-corrected chi connectivity index (χ1v) is 10.5. The third kappa shape index (κ3) is 3.47. The van der Waals surface area contributed by atoms with Gasteiger partial charge in [-0.3, -0.25) is 0 Å². The Balaban J connectivity index is 1.75. The normalized spacial score (nSPS) is 20.1. The number of carboxylic acids is 1. The average Bonchev–Trinajstić information content (AvgIpc) is 3.31. The second kappa shape index (κ2) is 6.30. The Kier molecular flexibility index (Phi) is 4.29. The fraction of sp³-hybridized carbons (Fsp3) is 0.571. The van der Waals surface area contributed by atoms with Crippen LogP contribution in [0.2, 0.25) is 0 Å². The number of anilines is 2. The molecule has 6 heteroatoms. The molecule has 0 unspecified atom stereocenters. The molecule has 0 spiro atoms. The van der Waals surface area contributed by atoms with Gasteiger partial charge in [0.05, 0.1) is 11.3 Å². The van der Waals surface area contributed by atoms with Gasteiger partial charge < -0.3 is 10.0 Å². The molecule has 2 aromatic rings. The van der Waals surface area contributed by atoms with Crippen LogP contribution in [0.25, 0.3) is 0 Å². The van der Waals surface area contributed by atoms with Crippen molar-refractivity contribution in [3.63, 3.8) is 0 Å². The number of fused-ring (bicyclic) bond motifs is 1. The molecule has 2 aliphatic carbocycles. The van der Waals surface area contributed by atoms with E-state index in [2.05, 4.69) is 37.6 Å². The van der Waals surface area contributed by atoms with Crippen molar-refractivity contribution in [2.75, 3.05) is 11.4 Å². The van der Waals surface area contributed by atoms with Gasteiger partial charge in [-0.25, -0.2) is 14.8 Å². The van der Waals surface area contributed by atoms with E-state index >= 15 is 0 Å². The van der Waals surface area contributed by atoms with E-state index in [0.717, 1.165) is 23.9 Å². The van der Waals surface area contributed by atoms with Crippen molar-refractivity contribution in [2.45, 2.75) is 64.2 Å². The highest BCUT2D eigenvalue weighted by atomic mass is 32.1. The second-order valence-electron chi connectivity index (χ2n) is 9.21. The highest BCUT2D eigenvalue weighted by Gasteiger charge is 2.41. The molecular weight excluding hydrogens is 358 g/mol. The van der Waals surface area contributed by atoms with Gasteiger partial charge in [-0.05, 0) is 43.7 Å². The number of hydrogen-bond acceptors (Lipinski definition) is 5. The third-order valence-electron chi connectivity index (χ3n) is 5.89. The van der Waals surface area contributed by atoms with Crippen LogP contribution in [0.4, 0.5) is 10.9 Å². The summed E-state index contributed by atoms with van der Waals surface area (Å²) in [5, 5.41) is 10.1. The topological polar surface area (TPSA) is 66.3 Å². The maximum absolute atomic E-state index is 11.2. The van der Waals surface area contributed by atoms with Crippen LogP contribution in [0.15, 0.2) is 18.3 Å². The van der Waals surface area contributed by atoms with Crippen LogP contribution in [0.3, 0.4) is 0 Å². The van der Waals surface area contributed by atoms with Crippen molar-refractivity contribution in [1.29, 1.82) is 0 Å². The lowest BCUT2D eigenvalue weighted by Gasteiger charge is -2.37. The molecule has 2 aromatic heterocycles. The van der Waals surface area contributed by atoms with E-state index in [1.165, 1.54) is 36.0 Å². The van der Waals surface area contributed by atoms with Gasteiger partial charge in [-0.15, -0.1) is 11.3 Å². The minimum absolute atomic E-state index is 0.0887. The molecule has 0 radical (unpaired) electrons.